The van der Waals surface area contributed by atoms with E-state index in [1.54, 1.807) is 22.3 Å². The smallest absolute Gasteiger partial charge is 0.0250 e. The molecule has 0 radical (unpaired) electrons. The maximum atomic E-state index is 2.61. The monoisotopic (exact) mass is 1040 g/mol. The van der Waals surface area contributed by atoms with Crippen molar-refractivity contribution < 1.29 is 0 Å². The van der Waals surface area contributed by atoms with E-state index in [-0.39, 0.29) is 0 Å². The Morgan fingerprint density at radius 1 is 0.213 bits per heavy atom. The van der Waals surface area contributed by atoms with Crippen molar-refractivity contribution in [3.63, 3.8) is 0 Å². The first-order chi connectivity index (χ1) is 37.2. The fraction of sp³-hybridized carbons (Fsp3) is 0.840. The standard InChI is InChI=1S/C75H136/c1-4-7-10-13-16-19-22-25-28-31-32-35-38-41-44-47-50-53-56-61-73(70-75-65-58-63-72(69-75)60-55-52-49-46-43-40-37-34-30-27-24-21-18-15-12-9-6-3)66-67-74-64-57-62-71(68-74)59-54-51-48-45-42-39-36-33-29-26-23-20-17-14-11-8-5-2/h57-58,62-65,68-69,73H,4-56,59-61,66-67,70H2,1-3H3. The van der Waals surface area contributed by atoms with Gasteiger partial charge in [0.25, 0.3) is 0 Å². The fourth-order valence-electron chi connectivity index (χ4n) is 12.5. The zero-order valence-corrected chi connectivity index (χ0v) is 51.9. The molecule has 0 saturated heterocycles. The molecule has 75 heavy (non-hydrogen) atoms. The van der Waals surface area contributed by atoms with Crippen LogP contribution in [-0.4, -0.2) is 0 Å². The minimum Gasteiger partial charge on any atom is -0.0654 e. The van der Waals surface area contributed by atoms with Gasteiger partial charge in [-0.3, -0.25) is 0 Å². The average molecular weight is 1040 g/mol. The van der Waals surface area contributed by atoms with E-state index in [1.807, 2.05) is 0 Å². The highest BCUT2D eigenvalue weighted by Gasteiger charge is 2.12. The van der Waals surface area contributed by atoms with E-state index in [1.165, 1.54) is 379 Å². The average Bonchev–Trinajstić information content (AvgIpc) is 3.42. The molecule has 2 rings (SSSR count). The van der Waals surface area contributed by atoms with Gasteiger partial charge in [-0.25, -0.2) is 0 Å². The summed E-state index contributed by atoms with van der Waals surface area (Å²) in [6, 6.07) is 19.7. The second kappa shape index (κ2) is 57.1. The SMILES string of the molecule is CCCCCCCCCCCCCCCCCCCCCC(CCc1cccc(CCCCCCCCCCCCCCCCCCC)c1)Cc1cccc(CCCCCCCCCCCCCCCCCCC)c1. The molecule has 1 atom stereocenters. The van der Waals surface area contributed by atoms with E-state index in [2.05, 4.69) is 69.3 Å². The number of aryl methyl sites for hydroxylation is 3. The molecule has 2 aromatic carbocycles. The lowest BCUT2D eigenvalue weighted by Gasteiger charge is -2.18. The molecule has 1 unspecified atom stereocenters. The summed E-state index contributed by atoms with van der Waals surface area (Å²) in [5.41, 5.74) is 6.37. The first-order valence-electron chi connectivity index (χ1n) is 35.4. The van der Waals surface area contributed by atoms with Crippen molar-refractivity contribution in [1.82, 2.24) is 0 Å². The van der Waals surface area contributed by atoms with Crippen LogP contribution in [-0.2, 0) is 25.7 Å². The quantitative estimate of drug-likeness (QED) is 0.0579. The third kappa shape index (κ3) is 48.1. The van der Waals surface area contributed by atoms with Crippen molar-refractivity contribution in [1.29, 1.82) is 0 Å². The third-order valence-electron chi connectivity index (χ3n) is 17.7. The second-order valence-electron chi connectivity index (χ2n) is 25.2. The molecule has 0 saturated carbocycles. The first-order valence-corrected chi connectivity index (χ1v) is 35.4. The van der Waals surface area contributed by atoms with Gasteiger partial charge in [-0.05, 0) is 73.1 Å². The molecule has 436 valence electrons. The normalized spacial score (nSPS) is 12.1. The summed E-state index contributed by atoms with van der Waals surface area (Å²) in [5, 5.41) is 0. The molecule has 0 aliphatic heterocycles. The third-order valence-corrected chi connectivity index (χ3v) is 17.7. The van der Waals surface area contributed by atoms with E-state index in [9.17, 15) is 0 Å². The van der Waals surface area contributed by atoms with E-state index in [0.29, 0.717) is 0 Å². The van der Waals surface area contributed by atoms with Gasteiger partial charge in [-0.2, -0.15) is 0 Å². The molecular formula is C75H136. The summed E-state index contributed by atoms with van der Waals surface area (Å²) in [7, 11) is 0. The highest BCUT2D eigenvalue weighted by atomic mass is 14.2. The van der Waals surface area contributed by atoms with Crippen LogP contribution in [0, 0.1) is 5.92 Å². The lowest BCUT2D eigenvalue weighted by Crippen LogP contribution is -2.07. The number of unbranched alkanes of at least 4 members (excludes halogenated alkanes) is 50. The molecule has 0 fully saturated rings. The molecule has 0 aliphatic rings. The van der Waals surface area contributed by atoms with Crippen molar-refractivity contribution >= 4 is 0 Å². The zero-order chi connectivity index (χ0) is 53.3. The van der Waals surface area contributed by atoms with Crippen molar-refractivity contribution in [2.24, 2.45) is 5.92 Å². The van der Waals surface area contributed by atoms with Gasteiger partial charge in [-0.1, -0.05) is 403 Å². The topological polar surface area (TPSA) is 0 Å². The zero-order valence-electron chi connectivity index (χ0n) is 51.9. The van der Waals surface area contributed by atoms with Gasteiger partial charge in [0.05, 0.1) is 0 Å². The van der Waals surface area contributed by atoms with Gasteiger partial charge in [0.1, 0.15) is 0 Å². The first kappa shape index (κ1) is 69.5. The van der Waals surface area contributed by atoms with Gasteiger partial charge >= 0.3 is 0 Å². The van der Waals surface area contributed by atoms with Gasteiger partial charge in [0, 0.05) is 0 Å². The van der Waals surface area contributed by atoms with Crippen LogP contribution in [0.15, 0.2) is 48.5 Å². The summed E-state index contributed by atoms with van der Waals surface area (Å²) in [6.07, 6.45) is 84.7. The van der Waals surface area contributed by atoms with Crippen LogP contribution in [0.2, 0.25) is 0 Å². The summed E-state index contributed by atoms with van der Waals surface area (Å²) in [6.45, 7) is 6.96. The van der Waals surface area contributed by atoms with Crippen LogP contribution < -0.4 is 0 Å². The van der Waals surface area contributed by atoms with Gasteiger partial charge in [-0.15, -0.1) is 0 Å². The lowest BCUT2D eigenvalue weighted by atomic mass is 9.87. The number of hydrogen-bond donors (Lipinski definition) is 0. The highest BCUT2D eigenvalue weighted by Crippen LogP contribution is 2.25. The Bertz CT molecular complexity index is 1390. The van der Waals surface area contributed by atoms with E-state index < -0.39 is 0 Å². The summed E-state index contributed by atoms with van der Waals surface area (Å²) < 4.78 is 0. The van der Waals surface area contributed by atoms with Gasteiger partial charge in [0.15, 0.2) is 0 Å². The lowest BCUT2D eigenvalue weighted by molar-refractivity contribution is 0.420. The van der Waals surface area contributed by atoms with Crippen molar-refractivity contribution in [2.45, 2.75) is 400 Å². The van der Waals surface area contributed by atoms with E-state index in [4.69, 9.17) is 0 Å². The van der Waals surface area contributed by atoms with Crippen LogP contribution in [0.1, 0.15) is 396 Å². The minimum atomic E-state index is 0.792. The fourth-order valence-corrected chi connectivity index (χ4v) is 12.5. The van der Waals surface area contributed by atoms with Crippen molar-refractivity contribution in [2.75, 3.05) is 0 Å². The Morgan fingerprint density at radius 3 is 0.707 bits per heavy atom. The number of benzene rings is 2. The largest absolute Gasteiger partial charge is 0.0654 e. The number of rotatable bonds is 61. The Kier molecular flexibility index (Phi) is 53.0. The van der Waals surface area contributed by atoms with Crippen molar-refractivity contribution in [3.8, 4) is 0 Å². The van der Waals surface area contributed by atoms with Crippen LogP contribution in [0.4, 0.5) is 0 Å². The molecule has 0 heteroatoms. The molecule has 0 N–H and O–H groups in total. The maximum Gasteiger partial charge on any atom is -0.0250 e. The van der Waals surface area contributed by atoms with Crippen LogP contribution in [0.5, 0.6) is 0 Å². The predicted molar refractivity (Wildman–Crippen MR) is 342 cm³/mol. The van der Waals surface area contributed by atoms with Gasteiger partial charge < -0.3 is 0 Å². The Morgan fingerprint density at radius 2 is 0.427 bits per heavy atom. The summed E-state index contributed by atoms with van der Waals surface area (Å²) >= 11 is 0. The van der Waals surface area contributed by atoms with Crippen LogP contribution in [0.3, 0.4) is 0 Å². The molecule has 0 aliphatic carbocycles. The number of hydrogen-bond acceptors (Lipinski definition) is 0. The summed E-state index contributed by atoms with van der Waals surface area (Å²) in [4.78, 5) is 0. The van der Waals surface area contributed by atoms with Gasteiger partial charge in [0.2, 0.25) is 0 Å². The Balaban J connectivity index is 1.67. The highest BCUT2D eigenvalue weighted by molar-refractivity contribution is 5.25. The van der Waals surface area contributed by atoms with Crippen molar-refractivity contribution in [3.05, 3.63) is 70.8 Å². The molecule has 0 nitrogen and oxygen atoms in total. The van der Waals surface area contributed by atoms with E-state index in [0.717, 1.165) is 5.92 Å². The summed E-state index contributed by atoms with van der Waals surface area (Å²) in [5.74, 6) is 0.792. The Hall–Kier alpha value is -1.56. The Labute approximate surface area is 473 Å². The second-order valence-corrected chi connectivity index (χ2v) is 25.2. The molecule has 0 amide bonds. The molecule has 0 aromatic heterocycles. The van der Waals surface area contributed by atoms with Crippen LogP contribution in [0.25, 0.3) is 0 Å². The minimum absolute atomic E-state index is 0.792. The maximum absolute atomic E-state index is 2.61. The molecule has 0 spiro atoms. The molecule has 0 heterocycles. The predicted octanol–water partition coefficient (Wildman–Crippen LogP) is 26.7. The molecule has 2 aromatic rings. The van der Waals surface area contributed by atoms with Crippen LogP contribution >= 0.6 is 0 Å². The van der Waals surface area contributed by atoms with E-state index >= 15 is 0 Å². The molecule has 0 bridgehead atoms. The molecular weight excluding hydrogens is 901 g/mol.